The summed E-state index contributed by atoms with van der Waals surface area (Å²) in [6.07, 6.45) is 11.0. The van der Waals surface area contributed by atoms with E-state index < -0.39 is 0 Å². The van der Waals surface area contributed by atoms with Crippen molar-refractivity contribution >= 4 is 0 Å². The molecule has 0 bridgehead atoms. The molecule has 0 aliphatic heterocycles. The third kappa shape index (κ3) is 2.36. The highest BCUT2D eigenvalue weighted by atomic mass is 15.3. The van der Waals surface area contributed by atoms with Crippen molar-refractivity contribution in [3.05, 3.63) is 0 Å². The van der Waals surface area contributed by atoms with Crippen LogP contribution in [0.5, 0.6) is 0 Å². The molecular formula is C13H26N2. The normalized spacial score (nSPS) is 25.8. The number of rotatable bonds is 5. The Bertz CT molecular complexity index is 193. The van der Waals surface area contributed by atoms with Gasteiger partial charge >= 0.3 is 0 Å². The van der Waals surface area contributed by atoms with Crippen molar-refractivity contribution in [1.82, 2.24) is 4.90 Å². The van der Waals surface area contributed by atoms with Crippen LogP contribution < -0.4 is 5.73 Å². The van der Waals surface area contributed by atoms with E-state index in [9.17, 15) is 0 Å². The molecule has 2 saturated carbocycles. The maximum absolute atomic E-state index is 6.09. The Morgan fingerprint density at radius 2 is 1.87 bits per heavy atom. The molecule has 2 nitrogen and oxygen atoms in total. The zero-order valence-corrected chi connectivity index (χ0v) is 10.2. The lowest BCUT2D eigenvalue weighted by Crippen LogP contribution is -2.56. The summed E-state index contributed by atoms with van der Waals surface area (Å²) in [7, 11) is 0. The summed E-state index contributed by atoms with van der Waals surface area (Å²) >= 11 is 0. The lowest BCUT2D eigenvalue weighted by molar-refractivity contribution is 0.0491. The van der Waals surface area contributed by atoms with Gasteiger partial charge in [-0.25, -0.2) is 0 Å². The minimum Gasteiger partial charge on any atom is -0.329 e. The molecule has 0 heterocycles. The molecule has 0 aromatic carbocycles. The molecule has 2 aliphatic carbocycles. The second-order valence-electron chi connectivity index (χ2n) is 5.41. The summed E-state index contributed by atoms with van der Waals surface area (Å²) in [4.78, 5) is 2.77. The van der Waals surface area contributed by atoms with Gasteiger partial charge < -0.3 is 5.73 Å². The molecule has 0 spiro atoms. The number of nitrogens with two attached hydrogens (primary N) is 1. The molecule has 0 unspecified atom stereocenters. The zero-order valence-electron chi connectivity index (χ0n) is 10.2. The van der Waals surface area contributed by atoms with E-state index in [0.29, 0.717) is 5.54 Å². The first kappa shape index (κ1) is 11.4. The Labute approximate surface area is 94.2 Å². The SMILES string of the molecule is CCCN(C1CC1)C1(CN)CCCCC1. The molecule has 2 fully saturated rings. The lowest BCUT2D eigenvalue weighted by atomic mass is 9.80. The third-order valence-electron chi connectivity index (χ3n) is 4.23. The van der Waals surface area contributed by atoms with Gasteiger partial charge in [0, 0.05) is 18.1 Å². The first-order valence-corrected chi connectivity index (χ1v) is 6.79. The maximum Gasteiger partial charge on any atom is 0.0334 e. The van der Waals surface area contributed by atoms with E-state index in [1.165, 1.54) is 57.9 Å². The van der Waals surface area contributed by atoms with E-state index in [4.69, 9.17) is 5.73 Å². The van der Waals surface area contributed by atoms with E-state index in [-0.39, 0.29) is 0 Å². The summed E-state index contributed by atoms with van der Waals surface area (Å²) in [6, 6.07) is 0.881. The lowest BCUT2D eigenvalue weighted by Gasteiger charge is -2.46. The van der Waals surface area contributed by atoms with Crippen LogP contribution in [0.1, 0.15) is 58.3 Å². The monoisotopic (exact) mass is 210 g/mol. The highest BCUT2D eigenvalue weighted by molar-refractivity contribution is 5.00. The first-order valence-electron chi connectivity index (χ1n) is 6.79. The van der Waals surface area contributed by atoms with Gasteiger partial charge in [0.25, 0.3) is 0 Å². The van der Waals surface area contributed by atoms with Gasteiger partial charge in [-0.2, -0.15) is 0 Å². The van der Waals surface area contributed by atoms with Crippen molar-refractivity contribution in [2.75, 3.05) is 13.1 Å². The summed E-state index contributed by atoms with van der Waals surface area (Å²) in [5, 5.41) is 0. The third-order valence-corrected chi connectivity index (χ3v) is 4.23. The van der Waals surface area contributed by atoms with Gasteiger partial charge in [0.05, 0.1) is 0 Å². The van der Waals surface area contributed by atoms with E-state index in [1.54, 1.807) is 0 Å². The van der Waals surface area contributed by atoms with Crippen molar-refractivity contribution < 1.29 is 0 Å². The van der Waals surface area contributed by atoms with Gasteiger partial charge in [0.15, 0.2) is 0 Å². The molecular weight excluding hydrogens is 184 g/mol. The molecule has 0 atom stereocenters. The fraction of sp³-hybridized carbons (Fsp3) is 1.00. The van der Waals surface area contributed by atoms with E-state index in [2.05, 4.69) is 11.8 Å². The molecule has 0 aromatic rings. The second kappa shape index (κ2) is 4.84. The van der Waals surface area contributed by atoms with Crippen molar-refractivity contribution in [3.63, 3.8) is 0 Å². The summed E-state index contributed by atoms with van der Waals surface area (Å²) in [5.74, 6) is 0. The predicted molar refractivity (Wildman–Crippen MR) is 64.9 cm³/mol. The van der Waals surface area contributed by atoms with Gasteiger partial charge in [-0.1, -0.05) is 26.2 Å². The summed E-state index contributed by atoms with van der Waals surface area (Å²) < 4.78 is 0. The van der Waals surface area contributed by atoms with Crippen LogP contribution in [0.25, 0.3) is 0 Å². The molecule has 0 saturated heterocycles. The number of hydrogen-bond donors (Lipinski definition) is 1. The van der Waals surface area contributed by atoms with E-state index in [1.807, 2.05) is 0 Å². The maximum atomic E-state index is 6.09. The van der Waals surface area contributed by atoms with Gasteiger partial charge in [-0.15, -0.1) is 0 Å². The van der Waals surface area contributed by atoms with Crippen LogP contribution in [-0.2, 0) is 0 Å². The van der Waals surface area contributed by atoms with E-state index in [0.717, 1.165) is 12.6 Å². The molecule has 0 aromatic heterocycles. The van der Waals surface area contributed by atoms with Crippen LogP contribution in [0.15, 0.2) is 0 Å². The van der Waals surface area contributed by atoms with Crippen molar-refractivity contribution in [2.45, 2.75) is 69.9 Å². The minimum atomic E-state index is 0.384. The van der Waals surface area contributed by atoms with E-state index >= 15 is 0 Å². The molecule has 2 N–H and O–H groups in total. The Morgan fingerprint density at radius 3 is 2.33 bits per heavy atom. The predicted octanol–water partition coefficient (Wildman–Crippen LogP) is 2.52. The molecule has 0 amide bonds. The molecule has 88 valence electrons. The average molecular weight is 210 g/mol. The Hall–Kier alpha value is -0.0800. The van der Waals surface area contributed by atoms with Crippen LogP contribution in [0.3, 0.4) is 0 Å². The fourth-order valence-corrected chi connectivity index (χ4v) is 3.25. The van der Waals surface area contributed by atoms with Gasteiger partial charge in [0.1, 0.15) is 0 Å². The van der Waals surface area contributed by atoms with Crippen LogP contribution in [-0.4, -0.2) is 29.6 Å². The fourth-order valence-electron chi connectivity index (χ4n) is 3.25. The topological polar surface area (TPSA) is 29.3 Å². The van der Waals surface area contributed by atoms with Gasteiger partial charge in [0.2, 0.25) is 0 Å². The van der Waals surface area contributed by atoms with Crippen LogP contribution in [0.2, 0.25) is 0 Å². The first-order chi connectivity index (χ1) is 7.32. The van der Waals surface area contributed by atoms with Crippen molar-refractivity contribution in [3.8, 4) is 0 Å². The van der Waals surface area contributed by atoms with Gasteiger partial charge in [-0.3, -0.25) is 4.90 Å². The standard InChI is InChI=1S/C13H26N2/c1-2-10-15(12-6-7-12)13(11-14)8-4-3-5-9-13/h12H,2-11,14H2,1H3. The molecule has 2 rings (SSSR count). The summed E-state index contributed by atoms with van der Waals surface area (Å²) in [5.41, 5.74) is 6.48. The van der Waals surface area contributed by atoms with Gasteiger partial charge in [-0.05, 0) is 38.6 Å². The van der Waals surface area contributed by atoms with Crippen LogP contribution in [0.4, 0.5) is 0 Å². The Morgan fingerprint density at radius 1 is 1.20 bits per heavy atom. The number of nitrogens with zero attached hydrogens (tertiary/aromatic N) is 1. The molecule has 2 heteroatoms. The van der Waals surface area contributed by atoms with Crippen molar-refractivity contribution in [2.24, 2.45) is 5.73 Å². The zero-order chi connectivity index (χ0) is 10.7. The van der Waals surface area contributed by atoms with Crippen LogP contribution >= 0.6 is 0 Å². The Kier molecular flexibility index (Phi) is 3.68. The minimum absolute atomic E-state index is 0.384. The largest absolute Gasteiger partial charge is 0.329 e. The quantitative estimate of drug-likeness (QED) is 0.755. The molecule has 0 radical (unpaired) electrons. The number of hydrogen-bond acceptors (Lipinski definition) is 2. The highest BCUT2D eigenvalue weighted by Crippen LogP contribution is 2.40. The molecule has 2 aliphatic rings. The van der Waals surface area contributed by atoms with Crippen molar-refractivity contribution in [1.29, 1.82) is 0 Å². The smallest absolute Gasteiger partial charge is 0.0334 e. The Balaban J connectivity index is 2.05. The average Bonchev–Trinajstić information content (AvgIpc) is 3.11. The highest BCUT2D eigenvalue weighted by Gasteiger charge is 2.43. The van der Waals surface area contributed by atoms with Crippen LogP contribution in [0, 0.1) is 0 Å². The summed E-state index contributed by atoms with van der Waals surface area (Å²) in [6.45, 7) is 4.44. The second-order valence-corrected chi connectivity index (χ2v) is 5.41. The molecule has 15 heavy (non-hydrogen) atoms.